The van der Waals surface area contributed by atoms with Crippen LogP contribution in [0.3, 0.4) is 0 Å². The Kier molecular flexibility index (Phi) is 6.16. The van der Waals surface area contributed by atoms with Crippen molar-refractivity contribution in [2.45, 2.75) is 18.8 Å². The SMILES string of the molecule is Cc1nc(C(=O)NCCc2c[nH]c3cccc(Br)c23)c(C2(c3ccccc3)COc3c(Br)cccc32)o1. The zero-order valence-corrected chi connectivity index (χ0v) is 23.1. The number of para-hydroxylation sites is 1. The van der Waals surface area contributed by atoms with Crippen molar-refractivity contribution >= 4 is 48.7 Å². The average molecular weight is 621 g/mol. The Balaban J connectivity index is 1.35. The maximum absolute atomic E-state index is 13.5. The molecule has 0 bridgehead atoms. The highest BCUT2D eigenvalue weighted by molar-refractivity contribution is 9.11. The molecule has 8 heteroatoms. The van der Waals surface area contributed by atoms with Gasteiger partial charge in [-0.1, -0.05) is 64.5 Å². The summed E-state index contributed by atoms with van der Waals surface area (Å²) in [6.07, 6.45) is 2.66. The second-order valence-corrected chi connectivity index (χ2v) is 10.8. The van der Waals surface area contributed by atoms with Gasteiger partial charge in [-0.3, -0.25) is 4.79 Å². The van der Waals surface area contributed by atoms with Crippen LogP contribution in [0.25, 0.3) is 10.9 Å². The molecule has 1 unspecified atom stereocenters. The number of benzene rings is 3. The van der Waals surface area contributed by atoms with Crippen molar-refractivity contribution in [2.75, 3.05) is 13.2 Å². The van der Waals surface area contributed by atoms with Gasteiger partial charge >= 0.3 is 0 Å². The number of H-pyrrole nitrogens is 1. The summed E-state index contributed by atoms with van der Waals surface area (Å²) in [7, 11) is 0. The number of amides is 1. The number of aromatic nitrogens is 2. The molecule has 0 aliphatic carbocycles. The van der Waals surface area contributed by atoms with E-state index in [9.17, 15) is 4.79 Å². The summed E-state index contributed by atoms with van der Waals surface area (Å²) in [4.78, 5) is 21.4. The number of nitrogens with one attached hydrogen (secondary N) is 2. The number of ether oxygens (including phenoxy) is 1. The molecule has 1 aliphatic rings. The van der Waals surface area contributed by atoms with Gasteiger partial charge in [-0.05, 0) is 51.7 Å². The Morgan fingerprint density at radius 2 is 1.84 bits per heavy atom. The molecule has 1 amide bonds. The molecule has 0 fully saturated rings. The summed E-state index contributed by atoms with van der Waals surface area (Å²) in [6.45, 7) is 2.52. The van der Waals surface area contributed by atoms with Crippen LogP contribution in [0.2, 0.25) is 0 Å². The van der Waals surface area contributed by atoms with E-state index in [0.717, 1.165) is 42.3 Å². The summed E-state index contributed by atoms with van der Waals surface area (Å²) in [5.41, 5.74) is 3.56. The molecule has 5 aromatic rings. The molecule has 2 N–H and O–H groups in total. The van der Waals surface area contributed by atoms with Crippen molar-refractivity contribution < 1.29 is 13.9 Å². The van der Waals surface area contributed by atoms with E-state index in [-0.39, 0.29) is 11.6 Å². The Morgan fingerprint density at radius 1 is 1.05 bits per heavy atom. The van der Waals surface area contributed by atoms with Crippen molar-refractivity contribution in [1.29, 1.82) is 0 Å². The first-order valence-electron chi connectivity index (χ1n) is 12.0. The minimum atomic E-state index is -0.810. The Bertz CT molecular complexity index is 1630. The topological polar surface area (TPSA) is 80.2 Å². The smallest absolute Gasteiger partial charge is 0.273 e. The van der Waals surface area contributed by atoms with E-state index in [1.165, 1.54) is 0 Å². The lowest BCUT2D eigenvalue weighted by atomic mass is 9.73. The van der Waals surface area contributed by atoms with E-state index >= 15 is 0 Å². The summed E-state index contributed by atoms with van der Waals surface area (Å²) in [5, 5.41) is 4.19. The number of aryl methyl sites for hydroxylation is 1. The first kappa shape index (κ1) is 24.0. The Labute approximate surface area is 230 Å². The second-order valence-electron chi connectivity index (χ2n) is 9.07. The molecule has 3 aromatic carbocycles. The van der Waals surface area contributed by atoms with Gasteiger partial charge in [0.1, 0.15) is 17.8 Å². The Hall–Kier alpha value is -3.36. The van der Waals surface area contributed by atoms with Crippen LogP contribution in [0.1, 0.15) is 38.8 Å². The van der Waals surface area contributed by atoms with E-state index in [1.54, 1.807) is 6.92 Å². The van der Waals surface area contributed by atoms with Crippen LogP contribution >= 0.6 is 31.9 Å². The van der Waals surface area contributed by atoms with Gasteiger partial charge in [-0.2, -0.15) is 0 Å². The number of hydrogen-bond acceptors (Lipinski definition) is 4. The predicted octanol–water partition coefficient (Wildman–Crippen LogP) is 6.69. The van der Waals surface area contributed by atoms with Gasteiger partial charge in [0.05, 0.1) is 4.47 Å². The number of fused-ring (bicyclic) bond motifs is 2. The average Bonchev–Trinajstić information content (AvgIpc) is 3.61. The van der Waals surface area contributed by atoms with Gasteiger partial charge in [0, 0.05) is 40.6 Å². The third-order valence-corrected chi connectivity index (χ3v) is 8.16. The second kappa shape index (κ2) is 9.50. The summed E-state index contributed by atoms with van der Waals surface area (Å²) in [6, 6.07) is 22.0. The Morgan fingerprint density at radius 3 is 2.68 bits per heavy atom. The first-order valence-corrected chi connectivity index (χ1v) is 13.6. The zero-order chi connectivity index (χ0) is 25.6. The molecule has 6 nitrogen and oxygen atoms in total. The lowest BCUT2D eigenvalue weighted by Gasteiger charge is -2.27. The molecule has 0 saturated heterocycles. The molecule has 37 heavy (non-hydrogen) atoms. The third kappa shape index (κ3) is 3.99. The molecule has 2 aromatic heterocycles. The van der Waals surface area contributed by atoms with E-state index in [0.29, 0.717) is 31.2 Å². The first-order chi connectivity index (χ1) is 18.0. The summed E-state index contributed by atoms with van der Waals surface area (Å²) >= 11 is 7.25. The van der Waals surface area contributed by atoms with Crippen molar-refractivity contribution in [3.63, 3.8) is 0 Å². The molecule has 186 valence electrons. The largest absolute Gasteiger partial charge is 0.490 e. The van der Waals surface area contributed by atoms with Crippen molar-refractivity contribution in [2.24, 2.45) is 0 Å². The minimum absolute atomic E-state index is 0.274. The standard InChI is InChI=1S/C29H23Br2N3O3/c1-17-34-25(28(35)32-14-13-18-15-33-23-12-6-10-21(30)24(18)23)27(37-17)29(19-7-3-2-4-8-19)16-36-26-20(29)9-5-11-22(26)31/h2-12,15,33H,13-14,16H2,1H3,(H,32,35). The highest BCUT2D eigenvalue weighted by Crippen LogP contribution is 2.51. The molecular formula is C29H23Br2N3O3. The molecule has 6 rings (SSSR count). The van der Waals surface area contributed by atoms with Crippen LogP contribution in [0.4, 0.5) is 0 Å². The van der Waals surface area contributed by atoms with Gasteiger partial charge in [-0.15, -0.1) is 0 Å². The molecule has 3 heterocycles. The number of nitrogens with zero attached hydrogens (tertiary/aromatic N) is 1. The van der Waals surface area contributed by atoms with Crippen molar-refractivity contribution in [3.05, 3.63) is 116 Å². The molecule has 1 atom stereocenters. The predicted molar refractivity (Wildman–Crippen MR) is 149 cm³/mol. The molecular weight excluding hydrogens is 598 g/mol. The fraction of sp³-hybridized carbons (Fsp3) is 0.172. The normalized spacial score (nSPS) is 16.5. The molecule has 0 radical (unpaired) electrons. The van der Waals surface area contributed by atoms with E-state index in [1.807, 2.05) is 72.9 Å². The number of hydrogen-bond donors (Lipinski definition) is 2. The zero-order valence-electron chi connectivity index (χ0n) is 20.0. The number of aromatic amines is 1. The maximum Gasteiger partial charge on any atom is 0.273 e. The number of halogens is 2. The number of carbonyl (C=O) groups is 1. The molecule has 0 spiro atoms. The van der Waals surface area contributed by atoms with E-state index in [4.69, 9.17) is 9.15 Å². The van der Waals surface area contributed by atoms with Crippen LogP contribution < -0.4 is 10.1 Å². The quantitative estimate of drug-likeness (QED) is 0.222. The van der Waals surface area contributed by atoms with E-state index < -0.39 is 5.41 Å². The van der Waals surface area contributed by atoms with Crippen LogP contribution in [0, 0.1) is 6.92 Å². The number of oxazole rings is 1. The lowest BCUT2D eigenvalue weighted by Crippen LogP contribution is -2.35. The number of carbonyl (C=O) groups excluding carboxylic acids is 1. The summed E-state index contributed by atoms with van der Waals surface area (Å²) < 4.78 is 14.3. The van der Waals surface area contributed by atoms with Crippen LogP contribution in [0.5, 0.6) is 5.75 Å². The van der Waals surface area contributed by atoms with Crippen molar-refractivity contribution in [3.8, 4) is 5.75 Å². The van der Waals surface area contributed by atoms with Crippen LogP contribution in [-0.4, -0.2) is 29.0 Å². The van der Waals surface area contributed by atoms with Crippen LogP contribution in [0.15, 0.2) is 86.3 Å². The van der Waals surface area contributed by atoms with Gasteiger partial charge < -0.3 is 19.5 Å². The van der Waals surface area contributed by atoms with E-state index in [2.05, 4.69) is 47.1 Å². The van der Waals surface area contributed by atoms with Gasteiger partial charge in [0.15, 0.2) is 17.3 Å². The third-order valence-electron chi connectivity index (χ3n) is 6.88. The highest BCUT2D eigenvalue weighted by Gasteiger charge is 2.50. The summed E-state index contributed by atoms with van der Waals surface area (Å²) in [5.74, 6) is 1.39. The van der Waals surface area contributed by atoms with Gasteiger partial charge in [0.2, 0.25) is 0 Å². The maximum atomic E-state index is 13.5. The monoisotopic (exact) mass is 619 g/mol. The number of rotatable bonds is 6. The lowest BCUT2D eigenvalue weighted by molar-refractivity contribution is 0.0946. The van der Waals surface area contributed by atoms with Gasteiger partial charge in [-0.25, -0.2) is 4.98 Å². The molecule has 0 saturated carbocycles. The van der Waals surface area contributed by atoms with Gasteiger partial charge in [0.25, 0.3) is 5.91 Å². The minimum Gasteiger partial charge on any atom is -0.490 e. The fourth-order valence-corrected chi connectivity index (χ4v) is 6.30. The fourth-order valence-electron chi connectivity index (χ4n) is 5.20. The molecule has 1 aliphatic heterocycles. The van der Waals surface area contributed by atoms with Crippen LogP contribution in [-0.2, 0) is 11.8 Å². The van der Waals surface area contributed by atoms with Crippen molar-refractivity contribution in [1.82, 2.24) is 15.3 Å². The highest BCUT2D eigenvalue weighted by atomic mass is 79.9.